The van der Waals surface area contributed by atoms with Crippen LogP contribution in [-0.4, -0.2) is 58.5 Å². The summed E-state index contributed by atoms with van der Waals surface area (Å²) in [5.74, 6) is 0. The summed E-state index contributed by atoms with van der Waals surface area (Å²) in [6, 6.07) is 6.82. The fraction of sp³-hybridized carbons (Fsp3) is 0.571. The van der Waals surface area contributed by atoms with Crippen molar-refractivity contribution >= 4 is 15.5 Å². The van der Waals surface area contributed by atoms with Crippen LogP contribution in [0.25, 0.3) is 0 Å². The van der Waals surface area contributed by atoms with E-state index in [4.69, 9.17) is 4.74 Å². The number of anilines is 1. The van der Waals surface area contributed by atoms with Gasteiger partial charge in [-0.2, -0.15) is 0 Å². The summed E-state index contributed by atoms with van der Waals surface area (Å²) in [6.45, 7) is 6.63. The Morgan fingerprint density at radius 2 is 2.05 bits per heavy atom. The Balaban J connectivity index is 1.88. The summed E-state index contributed by atoms with van der Waals surface area (Å²) in [5.41, 5.74) is 0.912. The summed E-state index contributed by atoms with van der Waals surface area (Å²) in [6.07, 6.45) is 1.39. The van der Waals surface area contributed by atoms with E-state index < -0.39 is 9.84 Å². The molecule has 1 aliphatic rings. The van der Waals surface area contributed by atoms with Crippen molar-refractivity contribution in [1.82, 2.24) is 4.90 Å². The van der Waals surface area contributed by atoms with Crippen LogP contribution >= 0.6 is 0 Å². The molecule has 0 saturated carbocycles. The zero-order valence-electron chi connectivity index (χ0n) is 12.0. The van der Waals surface area contributed by atoms with Gasteiger partial charge < -0.3 is 10.1 Å². The van der Waals surface area contributed by atoms with E-state index in [1.165, 1.54) is 6.26 Å². The molecule has 1 aliphatic heterocycles. The number of morpholine rings is 1. The second kappa shape index (κ2) is 6.56. The van der Waals surface area contributed by atoms with Crippen molar-refractivity contribution in [2.75, 3.05) is 44.4 Å². The fourth-order valence-electron chi connectivity index (χ4n) is 2.24. The van der Waals surface area contributed by atoms with Gasteiger partial charge in [0.1, 0.15) is 0 Å². The first-order valence-electron chi connectivity index (χ1n) is 6.87. The molecule has 6 heteroatoms. The van der Waals surface area contributed by atoms with Crippen molar-refractivity contribution in [3.8, 4) is 0 Å². The Morgan fingerprint density at radius 1 is 1.35 bits per heavy atom. The van der Waals surface area contributed by atoms with Crippen molar-refractivity contribution in [3.63, 3.8) is 0 Å². The van der Waals surface area contributed by atoms with Crippen molar-refractivity contribution in [2.45, 2.75) is 17.9 Å². The SMILES string of the molecule is CCN1CCOC(CNc2ccc(S(C)(=O)=O)cc2)C1. The number of likely N-dealkylation sites (N-methyl/N-ethyl adjacent to an activating group) is 1. The van der Waals surface area contributed by atoms with Gasteiger partial charge in [0.2, 0.25) is 0 Å². The number of ether oxygens (including phenoxy) is 1. The van der Waals surface area contributed by atoms with Gasteiger partial charge in [0, 0.05) is 31.6 Å². The van der Waals surface area contributed by atoms with E-state index in [0.29, 0.717) is 4.90 Å². The number of benzene rings is 1. The highest BCUT2D eigenvalue weighted by Crippen LogP contribution is 2.14. The minimum Gasteiger partial charge on any atom is -0.382 e. The van der Waals surface area contributed by atoms with Crippen molar-refractivity contribution < 1.29 is 13.2 Å². The van der Waals surface area contributed by atoms with E-state index in [2.05, 4.69) is 17.1 Å². The Hall–Kier alpha value is -1.11. The van der Waals surface area contributed by atoms with E-state index in [1.807, 2.05) is 0 Å². The quantitative estimate of drug-likeness (QED) is 0.886. The van der Waals surface area contributed by atoms with Gasteiger partial charge in [-0.25, -0.2) is 8.42 Å². The van der Waals surface area contributed by atoms with E-state index >= 15 is 0 Å². The summed E-state index contributed by atoms with van der Waals surface area (Å²) in [7, 11) is -3.12. The molecular weight excluding hydrogens is 276 g/mol. The lowest BCUT2D eigenvalue weighted by Gasteiger charge is -2.32. The topological polar surface area (TPSA) is 58.6 Å². The van der Waals surface area contributed by atoms with E-state index in [0.717, 1.165) is 38.5 Å². The highest BCUT2D eigenvalue weighted by Gasteiger charge is 2.18. The Labute approximate surface area is 120 Å². The minimum atomic E-state index is -3.12. The molecular formula is C14H22N2O3S. The molecule has 1 saturated heterocycles. The van der Waals surface area contributed by atoms with Crippen LogP contribution in [0.3, 0.4) is 0 Å². The zero-order chi connectivity index (χ0) is 14.6. The third kappa shape index (κ3) is 4.19. The van der Waals surface area contributed by atoms with Crippen LogP contribution < -0.4 is 5.32 Å². The molecule has 2 rings (SSSR count). The van der Waals surface area contributed by atoms with Gasteiger partial charge in [-0.1, -0.05) is 6.92 Å². The molecule has 112 valence electrons. The number of hydrogen-bond donors (Lipinski definition) is 1. The summed E-state index contributed by atoms with van der Waals surface area (Å²) in [4.78, 5) is 2.71. The molecule has 0 aliphatic carbocycles. The second-order valence-corrected chi connectivity index (χ2v) is 7.08. The lowest BCUT2D eigenvalue weighted by molar-refractivity contribution is -0.0191. The van der Waals surface area contributed by atoms with Gasteiger partial charge in [0.15, 0.2) is 9.84 Å². The Morgan fingerprint density at radius 3 is 2.65 bits per heavy atom. The minimum absolute atomic E-state index is 0.179. The predicted octanol–water partition coefficient (Wildman–Crippen LogP) is 1.22. The van der Waals surface area contributed by atoms with Gasteiger partial charge in [0.25, 0.3) is 0 Å². The zero-order valence-corrected chi connectivity index (χ0v) is 12.8. The predicted molar refractivity (Wildman–Crippen MR) is 79.9 cm³/mol. The molecule has 1 aromatic carbocycles. The average molecular weight is 298 g/mol. The molecule has 0 spiro atoms. The maximum absolute atomic E-state index is 11.4. The summed E-state index contributed by atoms with van der Waals surface area (Å²) >= 11 is 0. The first-order valence-corrected chi connectivity index (χ1v) is 8.76. The van der Waals surface area contributed by atoms with E-state index in [1.54, 1.807) is 24.3 Å². The van der Waals surface area contributed by atoms with E-state index in [-0.39, 0.29) is 6.10 Å². The van der Waals surface area contributed by atoms with Gasteiger partial charge >= 0.3 is 0 Å². The average Bonchev–Trinajstić information content (AvgIpc) is 2.45. The molecule has 1 atom stereocenters. The number of nitrogens with one attached hydrogen (secondary N) is 1. The molecule has 0 aromatic heterocycles. The Bertz CT molecular complexity index is 528. The van der Waals surface area contributed by atoms with Crippen LogP contribution in [0.2, 0.25) is 0 Å². The van der Waals surface area contributed by atoms with Crippen LogP contribution in [0.1, 0.15) is 6.92 Å². The molecule has 0 bridgehead atoms. The normalized spacial score (nSPS) is 20.8. The molecule has 1 heterocycles. The van der Waals surface area contributed by atoms with Gasteiger partial charge in [-0.05, 0) is 30.8 Å². The smallest absolute Gasteiger partial charge is 0.175 e. The van der Waals surface area contributed by atoms with Gasteiger partial charge in [-0.15, -0.1) is 0 Å². The number of rotatable bonds is 5. The third-order valence-electron chi connectivity index (χ3n) is 3.49. The molecule has 1 unspecified atom stereocenters. The van der Waals surface area contributed by atoms with Crippen LogP contribution in [0, 0.1) is 0 Å². The summed E-state index contributed by atoms with van der Waals surface area (Å²) < 4.78 is 28.5. The largest absolute Gasteiger partial charge is 0.382 e. The van der Waals surface area contributed by atoms with E-state index in [9.17, 15) is 8.42 Å². The lowest BCUT2D eigenvalue weighted by atomic mass is 10.2. The molecule has 5 nitrogen and oxygen atoms in total. The van der Waals surface area contributed by atoms with Crippen LogP contribution in [0.4, 0.5) is 5.69 Å². The highest BCUT2D eigenvalue weighted by molar-refractivity contribution is 7.90. The number of sulfone groups is 1. The van der Waals surface area contributed by atoms with Gasteiger partial charge in [0.05, 0.1) is 17.6 Å². The van der Waals surface area contributed by atoms with Crippen molar-refractivity contribution in [2.24, 2.45) is 0 Å². The first kappa shape index (κ1) is 15.3. The van der Waals surface area contributed by atoms with Gasteiger partial charge in [-0.3, -0.25) is 4.90 Å². The lowest BCUT2D eigenvalue weighted by Crippen LogP contribution is -2.45. The molecule has 0 radical (unpaired) electrons. The van der Waals surface area contributed by atoms with Crippen LogP contribution in [0.5, 0.6) is 0 Å². The van der Waals surface area contributed by atoms with Crippen molar-refractivity contribution in [3.05, 3.63) is 24.3 Å². The highest BCUT2D eigenvalue weighted by atomic mass is 32.2. The maximum Gasteiger partial charge on any atom is 0.175 e. The Kier molecular flexibility index (Phi) is 5.01. The third-order valence-corrected chi connectivity index (χ3v) is 4.61. The molecule has 20 heavy (non-hydrogen) atoms. The standard InChI is InChI=1S/C14H22N2O3S/c1-3-16-8-9-19-13(11-16)10-15-12-4-6-14(7-5-12)20(2,17)18/h4-7,13,15H,3,8-11H2,1-2H3. The fourth-order valence-corrected chi connectivity index (χ4v) is 2.87. The number of nitrogens with zero attached hydrogens (tertiary/aromatic N) is 1. The molecule has 1 fully saturated rings. The van der Waals surface area contributed by atoms with Crippen LogP contribution in [0.15, 0.2) is 29.2 Å². The second-order valence-electron chi connectivity index (χ2n) is 5.06. The first-order chi connectivity index (χ1) is 9.49. The maximum atomic E-state index is 11.4. The monoisotopic (exact) mass is 298 g/mol. The molecule has 1 aromatic rings. The molecule has 1 N–H and O–H groups in total. The molecule has 0 amide bonds. The summed E-state index contributed by atoms with van der Waals surface area (Å²) in [5, 5.41) is 3.29. The number of hydrogen-bond acceptors (Lipinski definition) is 5. The van der Waals surface area contributed by atoms with Crippen molar-refractivity contribution in [1.29, 1.82) is 0 Å². The van der Waals surface area contributed by atoms with Crippen LogP contribution in [-0.2, 0) is 14.6 Å².